The third-order valence-corrected chi connectivity index (χ3v) is 3.20. The molecule has 0 aliphatic rings. The van der Waals surface area contributed by atoms with Crippen LogP contribution in [-0.2, 0) is 13.5 Å². The van der Waals surface area contributed by atoms with Crippen molar-refractivity contribution < 1.29 is 4.74 Å². The van der Waals surface area contributed by atoms with Crippen LogP contribution >= 0.6 is 0 Å². The molecular weight excluding hydrogens is 252 g/mol. The Bertz CT molecular complexity index is 549. The Balaban J connectivity index is 1.88. The van der Waals surface area contributed by atoms with Crippen LogP contribution in [0.25, 0.3) is 0 Å². The van der Waals surface area contributed by atoms with Crippen molar-refractivity contribution in [1.82, 2.24) is 14.8 Å². The van der Waals surface area contributed by atoms with Crippen molar-refractivity contribution in [3.05, 3.63) is 35.8 Å². The topological polar surface area (TPSA) is 66.0 Å². The highest BCUT2D eigenvalue weighted by Gasteiger charge is 2.16. The smallest absolute Gasteiger partial charge is 0.235 e. The van der Waals surface area contributed by atoms with Gasteiger partial charge in [-0.2, -0.15) is 5.10 Å². The van der Waals surface area contributed by atoms with Gasteiger partial charge in [-0.15, -0.1) is 0 Å². The standard InChI is InChI=1S/C15H22N4O/c1-11(2)14-13(16)15(19(3)18-14)20-10-4-5-12-6-8-17-9-7-12/h6-9,11H,4-5,10,16H2,1-3H3. The van der Waals surface area contributed by atoms with Crippen molar-refractivity contribution in [2.24, 2.45) is 7.05 Å². The molecule has 0 saturated heterocycles. The number of nitrogens with zero attached hydrogens (tertiary/aromatic N) is 3. The van der Waals surface area contributed by atoms with Crippen LogP contribution in [0, 0.1) is 0 Å². The molecule has 0 spiro atoms. The lowest BCUT2D eigenvalue weighted by atomic mass is 10.1. The monoisotopic (exact) mass is 274 g/mol. The van der Waals surface area contributed by atoms with Crippen LogP contribution in [-0.4, -0.2) is 21.4 Å². The summed E-state index contributed by atoms with van der Waals surface area (Å²) in [6, 6.07) is 4.05. The highest BCUT2D eigenvalue weighted by Crippen LogP contribution is 2.29. The molecule has 0 bridgehead atoms. The van der Waals surface area contributed by atoms with Gasteiger partial charge in [-0.05, 0) is 36.5 Å². The Morgan fingerprint density at radius 1 is 1.30 bits per heavy atom. The number of aryl methyl sites for hydroxylation is 2. The second-order valence-corrected chi connectivity index (χ2v) is 5.19. The molecule has 5 heteroatoms. The average molecular weight is 274 g/mol. The van der Waals surface area contributed by atoms with E-state index in [4.69, 9.17) is 10.5 Å². The van der Waals surface area contributed by atoms with Crippen LogP contribution in [0.15, 0.2) is 24.5 Å². The molecule has 5 nitrogen and oxygen atoms in total. The molecule has 0 aliphatic heterocycles. The number of nitrogen functional groups attached to an aromatic ring is 1. The van der Waals surface area contributed by atoms with E-state index >= 15 is 0 Å². The van der Waals surface area contributed by atoms with E-state index in [0.29, 0.717) is 24.1 Å². The average Bonchev–Trinajstić information content (AvgIpc) is 2.72. The largest absolute Gasteiger partial charge is 0.476 e. The first kappa shape index (κ1) is 14.4. The number of anilines is 1. The first-order valence-corrected chi connectivity index (χ1v) is 6.93. The second kappa shape index (κ2) is 6.41. The zero-order chi connectivity index (χ0) is 14.5. The van der Waals surface area contributed by atoms with E-state index in [2.05, 4.69) is 23.9 Å². The number of pyridine rings is 1. The summed E-state index contributed by atoms with van der Waals surface area (Å²) >= 11 is 0. The van der Waals surface area contributed by atoms with Gasteiger partial charge in [-0.1, -0.05) is 13.8 Å². The maximum absolute atomic E-state index is 6.08. The van der Waals surface area contributed by atoms with Crippen molar-refractivity contribution in [3.63, 3.8) is 0 Å². The molecule has 2 N–H and O–H groups in total. The number of hydrogen-bond acceptors (Lipinski definition) is 4. The number of nitrogens with two attached hydrogens (primary N) is 1. The lowest BCUT2D eigenvalue weighted by Gasteiger charge is -2.07. The van der Waals surface area contributed by atoms with Gasteiger partial charge in [0.15, 0.2) is 0 Å². The fourth-order valence-electron chi connectivity index (χ4n) is 2.14. The third-order valence-electron chi connectivity index (χ3n) is 3.20. The maximum Gasteiger partial charge on any atom is 0.235 e. The highest BCUT2D eigenvalue weighted by molar-refractivity contribution is 5.54. The van der Waals surface area contributed by atoms with E-state index in [-0.39, 0.29) is 0 Å². The molecule has 2 aromatic rings. The van der Waals surface area contributed by atoms with Crippen molar-refractivity contribution in [2.45, 2.75) is 32.6 Å². The molecule has 0 amide bonds. The summed E-state index contributed by atoms with van der Waals surface area (Å²) < 4.78 is 7.50. The van der Waals surface area contributed by atoms with E-state index in [0.717, 1.165) is 18.5 Å². The Labute approximate surface area is 119 Å². The first-order chi connectivity index (χ1) is 9.59. The van der Waals surface area contributed by atoms with Crippen LogP contribution < -0.4 is 10.5 Å². The van der Waals surface area contributed by atoms with E-state index in [1.54, 1.807) is 4.68 Å². The summed E-state index contributed by atoms with van der Waals surface area (Å²) in [4.78, 5) is 4.00. The summed E-state index contributed by atoms with van der Waals surface area (Å²) in [5, 5.41) is 4.40. The number of hydrogen-bond donors (Lipinski definition) is 1. The molecule has 2 aromatic heterocycles. The molecule has 0 radical (unpaired) electrons. The molecular formula is C15H22N4O. The molecule has 0 fully saturated rings. The van der Waals surface area contributed by atoms with Gasteiger partial charge in [0.05, 0.1) is 12.3 Å². The summed E-state index contributed by atoms with van der Waals surface area (Å²) in [7, 11) is 1.86. The predicted molar refractivity (Wildman–Crippen MR) is 79.8 cm³/mol. The van der Waals surface area contributed by atoms with Crippen LogP contribution in [0.1, 0.15) is 37.4 Å². The van der Waals surface area contributed by atoms with Crippen LogP contribution in [0.5, 0.6) is 5.88 Å². The molecule has 0 saturated carbocycles. The fourth-order valence-corrected chi connectivity index (χ4v) is 2.14. The quantitative estimate of drug-likeness (QED) is 0.822. The van der Waals surface area contributed by atoms with E-state index in [1.807, 2.05) is 31.6 Å². The minimum absolute atomic E-state index is 0.301. The summed E-state index contributed by atoms with van der Waals surface area (Å²) in [6.07, 6.45) is 5.53. The van der Waals surface area contributed by atoms with Crippen LogP contribution in [0.2, 0.25) is 0 Å². The first-order valence-electron chi connectivity index (χ1n) is 6.93. The van der Waals surface area contributed by atoms with E-state index in [1.165, 1.54) is 5.56 Å². The van der Waals surface area contributed by atoms with E-state index in [9.17, 15) is 0 Å². The zero-order valence-electron chi connectivity index (χ0n) is 12.3. The minimum atomic E-state index is 0.301. The van der Waals surface area contributed by atoms with Crippen molar-refractivity contribution in [1.29, 1.82) is 0 Å². The maximum atomic E-state index is 6.08. The number of ether oxygens (including phenoxy) is 1. The van der Waals surface area contributed by atoms with Gasteiger partial charge in [-0.25, -0.2) is 4.68 Å². The fraction of sp³-hybridized carbons (Fsp3) is 0.467. The molecule has 20 heavy (non-hydrogen) atoms. The zero-order valence-corrected chi connectivity index (χ0v) is 12.3. The number of aromatic nitrogens is 3. The van der Waals surface area contributed by atoms with Crippen LogP contribution in [0.4, 0.5) is 5.69 Å². The molecule has 0 aromatic carbocycles. The van der Waals surface area contributed by atoms with Gasteiger partial charge in [0.25, 0.3) is 0 Å². The minimum Gasteiger partial charge on any atom is -0.476 e. The third kappa shape index (κ3) is 3.29. The van der Waals surface area contributed by atoms with Crippen molar-refractivity contribution in [3.8, 4) is 5.88 Å². The Hall–Kier alpha value is -2.04. The lowest BCUT2D eigenvalue weighted by Crippen LogP contribution is -2.05. The van der Waals surface area contributed by atoms with Crippen molar-refractivity contribution in [2.75, 3.05) is 12.3 Å². The lowest BCUT2D eigenvalue weighted by molar-refractivity contribution is 0.286. The molecule has 2 rings (SSSR count). The van der Waals surface area contributed by atoms with Gasteiger partial charge in [0, 0.05) is 19.4 Å². The second-order valence-electron chi connectivity index (χ2n) is 5.19. The van der Waals surface area contributed by atoms with Gasteiger partial charge >= 0.3 is 0 Å². The Kier molecular flexibility index (Phi) is 4.61. The van der Waals surface area contributed by atoms with Gasteiger partial charge in [-0.3, -0.25) is 4.98 Å². The van der Waals surface area contributed by atoms with Crippen LogP contribution in [0.3, 0.4) is 0 Å². The van der Waals surface area contributed by atoms with Gasteiger partial charge < -0.3 is 10.5 Å². The Morgan fingerprint density at radius 2 is 2.00 bits per heavy atom. The van der Waals surface area contributed by atoms with Gasteiger partial charge in [0.2, 0.25) is 5.88 Å². The number of rotatable bonds is 6. The molecule has 0 atom stereocenters. The van der Waals surface area contributed by atoms with Gasteiger partial charge in [0.1, 0.15) is 5.69 Å². The summed E-state index contributed by atoms with van der Waals surface area (Å²) in [5.41, 5.74) is 8.91. The molecule has 0 unspecified atom stereocenters. The molecule has 108 valence electrons. The van der Waals surface area contributed by atoms with Crippen molar-refractivity contribution >= 4 is 5.69 Å². The highest BCUT2D eigenvalue weighted by atomic mass is 16.5. The predicted octanol–water partition coefficient (Wildman–Crippen LogP) is 2.53. The molecule has 0 aliphatic carbocycles. The Morgan fingerprint density at radius 3 is 2.60 bits per heavy atom. The SMILES string of the molecule is CC(C)c1nn(C)c(OCCCc2ccncc2)c1N. The normalized spacial score (nSPS) is 11.0. The summed E-state index contributed by atoms with van der Waals surface area (Å²) in [5.74, 6) is 0.971. The summed E-state index contributed by atoms with van der Waals surface area (Å²) in [6.45, 7) is 4.78. The molecule has 2 heterocycles. The van der Waals surface area contributed by atoms with E-state index < -0.39 is 0 Å².